The highest BCUT2D eigenvalue weighted by atomic mass is 32.2. The van der Waals surface area contributed by atoms with Gasteiger partial charge < -0.3 is 11.1 Å². The summed E-state index contributed by atoms with van der Waals surface area (Å²) in [5, 5.41) is 3.45. The lowest BCUT2D eigenvalue weighted by Gasteiger charge is -2.22. The molecule has 0 saturated carbocycles. The van der Waals surface area contributed by atoms with Gasteiger partial charge in [-0.15, -0.1) is 0 Å². The van der Waals surface area contributed by atoms with Crippen molar-refractivity contribution < 1.29 is 0 Å². The monoisotopic (exact) mass is 272 g/mol. The van der Waals surface area contributed by atoms with Gasteiger partial charge >= 0.3 is 0 Å². The molecular weight excluding hydrogens is 252 g/mol. The average Bonchev–Trinajstić information content (AvgIpc) is 2.33. The molecule has 0 atom stereocenters. The molecule has 2 aromatic rings. The topological polar surface area (TPSA) is 38.0 Å². The van der Waals surface area contributed by atoms with Gasteiger partial charge in [0, 0.05) is 26.7 Å². The number of hydrogen-bond donors (Lipinski definition) is 2. The molecule has 0 heterocycles. The highest BCUT2D eigenvalue weighted by Crippen LogP contribution is 2.29. The molecule has 2 rings (SSSR count). The van der Waals surface area contributed by atoms with Gasteiger partial charge in [-0.25, -0.2) is 0 Å². The summed E-state index contributed by atoms with van der Waals surface area (Å²) >= 11 is 1.74. The molecule has 0 aliphatic carbocycles. The predicted molar refractivity (Wildman–Crippen MR) is 84.8 cm³/mol. The van der Waals surface area contributed by atoms with Crippen molar-refractivity contribution in [1.82, 2.24) is 0 Å². The molecule has 0 amide bonds. The van der Waals surface area contributed by atoms with E-state index >= 15 is 0 Å². The lowest BCUT2D eigenvalue weighted by molar-refractivity contribution is 0.634. The fourth-order valence-electron chi connectivity index (χ4n) is 1.71. The first kappa shape index (κ1) is 13.8. The van der Waals surface area contributed by atoms with Crippen molar-refractivity contribution in [2.45, 2.75) is 36.1 Å². The second-order valence-corrected chi connectivity index (χ2v) is 6.72. The lowest BCUT2D eigenvalue weighted by Crippen LogP contribution is -2.25. The zero-order valence-corrected chi connectivity index (χ0v) is 12.4. The molecule has 100 valence electrons. The normalized spacial score (nSPS) is 11.3. The highest BCUT2D eigenvalue weighted by Gasteiger charge is 2.08. The number of hydrogen-bond acceptors (Lipinski definition) is 3. The van der Waals surface area contributed by atoms with Crippen molar-refractivity contribution >= 4 is 23.1 Å². The van der Waals surface area contributed by atoms with E-state index in [4.69, 9.17) is 5.73 Å². The molecule has 19 heavy (non-hydrogen) atoms. The molecule has 0 aromatic heterocycles. The summed E-state index contributed by atoms with van der Waals surface area (Å²) in [7, 11) is 0. The third-order valence-electron chi connectivity index (χ3n) is 2.49. The Kier molecular flexibility index (Phi) is 4.05. The first-order valence-corrected chi connectivity index (χ1v) is 7.16. The molecule has 2 nitrogen and oxygen atoms in total. The fourth-order valence-corrected chi connectivity index (χ4v) is 2.53. The third kappa shape index (κ3) is 4.52. The summed E-state index contributed by atoms with van der Waals surface area (Å²) in [6, 6.07) is 16.4. The Balaban J connectivity index is 2.04. The summed E-state index contributed by atoms with van der Waals surface area (Å²) in [6.07, 6.45) is 0. The molecule has 0 fully saturated rings. The van der Waals surface area contributed by atoms with Crippen LogP contribution in [0.2, 0.25) is 0 Å². The van der Waals surface area contributed by atoms with Gasteiger partial charge in [0.2, 0.25) is 0 Å². The van der Waals surface area contributed by atoms with E-state index in [9.17, 15) is 0 Å². The van der Waals surface area contributed by atoms with E-state index in [2.05, 4.69) is 50.4 Å². The second kappa shape index (κ2) is 5.57. The Morgan fingerprint density at radius 1 is 0.842 bits per heavy atom. The summed E-state index contributed by atoms with van der Waals surface area (Å²) in [5.41, 5.74) is 7.72. The van der Waals surface area contributed by atoms with E-state index < -0.39 is 0 Å². The average molecular weight is 272 g/mol. The van der Waals surface area contributed by atoms with E-state index in [1.54, 1.807) is 11.8 Å². The minimum absolute atomic E-state index is 0.0889. The molecule has 0 aliphatic rings. The van der Waals surface area contributed by atoms with E-state index in [1.165, 1.54) is 9.79 Å². The first-order chi connectivity index (χ1) is 8.92. The number of nitrogens with one attached hydrogen (secondary N) is 1. The molecular formula is C16H20N2S. The Bertz CT molecular complexity index is 524. The Hall–Kier alpha value is -1.61. The van der Waals surface area contributed by atoms with Crippen LogP contribution in [0.25, 0.3) is 0 Å². The number of rotatable bonds is 3. The molecule has 2 aromatic carbocycles. The maximum absolute atomic E-state index is 5.68. The van der Waals surface area contributed by atoms with Crippen LogP contribution in [0.1, 0.15) is 20.8 Å². The van der Waals surface area contributed by atoms with Gasteiger partial charge in [0.15, 0.2) is 0 Å². The molecule has 0 spiro atoms. The van der Waals surface area contributed by atoms with Crippen LogP contribution in [0.5, 0.6) is 0 Å². The van der Waals surface area contributed by atoms with E-state index in [0.717, 1.165) is 11.4 Å². The maximum atomic E-state index is 5.68. The smallest absolute Gasteiger partial charge is 0.0344 e. The molecule has 0 aliphatic heterocycles. The molecule has 0 unspecified atom stereocenters. The summed E-state index contributed by atoms with van der Waals surface area (Å²) in [6.45, 7) is 6.47. The third-order valence-corrected chi connectivity index (χ3v) is 3.51. The minimum atomic E-state index is 0.0889. The fraction of sp³-hybridized carbons (Fsp3) is 0.250. The van der Waals surface area contributed by atoms with E-state index in [0.29, 0.717) is 0 Å². The molecule has 3 heteroatoms. The number of nitrogens with two attached hydrogens (primary N) is 1. The molecule has 0 bridgehead atoms. The van der Waals surface area contributed by atoms with Crippen LogP contribution in [0, 0.1) is 0 Å². The van der Waals surface area contributed by atoms with Gasteiger partial charge in [-0.05, 0) is 69.3 Å². The van der Waals surface area contributed by atoms with Gasteiger partial charge in [-0.3, -0.25) is 0 Å². The predicted octanol–water partition coefficient (Wildman–Crippen LogP) is 4.63. The number of benzene rings is 2. The van der Waals surface area contributed by atoms with Crippen molar-refractivity contribution in [2.24, 2.45) is 0 Å². The number of anilines is 2. The van der Waals surface area contributed by atoms with Crippen LogP contribution < -0.4 is 11.1 Å². The Labute approximate surface area is 119 Å². The van der Waals surface area contributed by atoms with Crippen LogP contribution >= 0.6 is 11.8 Å². The van der Waals surface area contributed by atoms with Crippen molar-refractivity contribution in [1.29, 1.82) is 0 Å². The van der Waals surface area contributed by atoms with Gasteiger partial charge in [0.1, 0.15) is 0 Å². The molecule has 3 N–H and O–H groups in total. The van der Waals surface area contributed by atoms with Crippen molar-refractivity contribution in [2.75, 3.05) is 11.1 Å². The zero-order valence-electron chi connectivity index (χ0n) is 11.6. The van der Waals surface area contributed by atoms with E-state index in [-0.39, 0.29) is 5.54 Å². The lowest BCUT2D eigenvalue weighted by atomic mass is 10.1. The zero-order chi connectivity index (χ0) is 13.9. The van der Waals surface area contributed by atoms with Gasteiger partial charge in [0.25, 0.3) is 0 Å². The summed E-state index contributed by atoms with van der Waals surface area (Å²) in [5.74, 6) is 0. The minimum Gasteiger partial charge on any atom is -0.399 e. The summed E-state index contributed by atoms with van der Waals surface area (Å²) < 4.78 is 0. The van der Waals surface area contributed by atoms with Gasteiger partial charge in [-0.1, -0.05) is 11.8 Å². The maximum Gasteiger partial charge on any atom is 0.0344 e. The quantitative estimate of drug-likeness (QED) is 0.800. The largest absolute Gasteiger partial charge is 0.399 e. The van der Waals surface area contributed by atoms with Crippen molar-refractivity contribution in [3.8, 4) is 0 Å². The van der Waals surface area contributed by atoms with Crippen LogP contribution in [0.3, 0.4) is 0 Å². The van der Waals surface area contributed by atoms with Gasteiger partial charge in [-0.2, -0.15) is 0 Å². The molecule has 0 radical (unpaired) electrons. The van der Waals surface area contributed by atoms with E-state index in [1.807, 2.05) is 24.3 Å². The number of nitrogen functional groups attached to an aromatic ring is 1. The Morgan fingerprint density at radius 3 is 1.79 bits per heavy atom. The van der Waals surface area contributed by atoms with Crippen molar-refractivity contribution in [3.63, 3.8) is 0 Å². The van der Waals surface area contributed by atoms with Crippen molar-refractivity contribution in [3.05, 3.63) is 48.5 Å². The standard InChI is InChI=1S/C16H20N2S/c1-16(2,3)18-13-6-10-15(11-7-13)19-14-8-4-12(17)5-9-14/h4-11,18H,17H2,1-3H3. The second-order valence-electron chi connectivity index (χ2n) is 5.57. The first-order valence-electron chi connectivity index (χ1n) is 6.34. The van der Waals surface area contributed by atoms with Crippen LogP contribution in [-0.2, 0) is 0 Å². The van der Waals surface area contributed by atoms with Crippen LogP contribution in [0.15, 0.2) is 58.3 Å². The van der Waals surface area contributed by atoms with Gasteiger partial charge in [0.05, 0.1) is 0 Å². The molecule has 0 saturated heterocycles. The van der Waals surface area contributed by atoms with Crippen LogP contribution in [0.4, 0.5) is 11.4 Å². The van der Waals surface area contributed by atoms with Crippen LogP contribution in [-0.4, -0.2) is 5.54 Å². The highest BCUT2D eigenvalue weighted by molar-refractivity contribution is 7.99. The summed E-state index contributed by atoms with van der Waals surface area (Å²) in [4.78, 5) is 2.43. The SMILES string of the molecule is CC(C)(C)Nc1ccc(Sc2ccc(N)cc2)cc1. The Morgan fingerprint density at radius 2 is 1.32 bits per heavy atom.